The van der Waals surface area contributed by atoms with E-state index >= 15 is 0 Å². The van der Waals surface area contributed by atoms with E-state index in [1.807, 2.05) is 13.8 Å². The van der Waals surface area contributed by atoms with Gasteiger partial charge in [0.15, 0.2) is 0 Å². The molecule has 0 saturated carbocycles. The number of rotatable bonds is 8. The molecule has 25 heavy (non-hydrogen) atoms. The topological polar surface area (TPSA) is 142 Å². The predicted molar refractivity (Wildman–Crippen MR) is 90.4 cm³/mol. The molecule has 0 aromatic rings. The van der Waals surface area contributed by atoms with Gasteiger partial charge in [0.2, 0.25) is 17.7 Å². The van der Waals surface area contributed by atoms with Crippen LogP contribution in [-0.4, -0.2) is 64.9 Å². The van der Waals surface area contributed by atoms with Crippen molar-refractivity contribution in [3.05, 3.63) is 0 Å². The number of carboxylic acid groups (broad SMARTS) is 1. The number of carboxylic acids is 1. The Labute approximate surface area is 147 Å². The molecule has 0 aromatic carbocycles. The third-order valence-electron chi connectivity index (χ3n) is 4.03. The molecule has 9 nitrogen and oxygen atoms in total. The molecule has 0 aliphatic carbocycles. The standard InChI is InChI=1S/C16H28N4O5/c1-9(2)7-11(19-14(22)10(3)17)15(23)18-8-13(21)20-6-4-5-12(20)16(24)25/h9-12H,4-8,17H2,1-3H3,(H,18,23)(H,19,22)(H,24,25). The number of carbonyl (C=O) groups excluding carboxylic acids is 3. The summed E-state index contributed by atoms with van der Waals surface area (Å²) in [6.45, 7) is 5.40. The Morgan fingerprint density at radius 3 is 2.36 bits per heavy atom. The van der Waals surface area contributed by atoms with E-state index in [4.69, 9.17) is 10.8 Å². The van der Waals surface area contributed by atoms with Crippen molar-refractivity contribution in [2.24, 2.45) is 11.7 Å². The van der Waals surface area contributed by atoms with E-state index in [0.29, 0.717) is 25.8 Å². The van der Waals surface area contributed by atoms with Crippen LogP contribution in [0.15, 0.2) is 0 Å². The smallest absolute Gasteiger partial charge is 0.326 e. The minimum absolute atomic E-state index is 0.148. The molecule has 0 radical (unpaired) electrons. The lowest BCUT2D eigenvalue weighted by Gasteiger charge is -2.24. The zero-order valence-corrected chi connectivity index (χ0v) is 14.9. The number of likely N-dealkylation sites (tertiary alicyclic amines) is 1. The van der Waals surface area contributed by atoms with Gasteiger partial charge in [-0.2, -0.15) is 0 Å². The second-order valence-corrected chi connectivity index (χ2v) is 6.78. The Bertz CT molecular complexity index is 521. The van der Waals surface area contributed by atoms with Gasteiger partial charge in [0, 0.05) is 6.54 Å². The number of nitrogens with zero attached hydrogens (tertiary/aromatic N) is 1. The maximum Gasteiger partial charge on any atom is 0.326 e. The molecule has 0 bridgehead atoms. The van der Waals surface area contributed by atoms with Crippen molar-refractivity contribution in [2.45, 2.75) is 58.2 Å². The summed E-state index contributed by atoms with van der Waals surface area (Å²) in [7, 11) is 0. The summed E-state index contributed by atoms with van der Waals surface area (Å²) in [6, 6.07) is -2.38. The Morgan fingerprint density at radius 2 is 1.84 bits per heavy atom. The normalized spacial score (nSPS) is 19.4. The zero-order valence-electron chi connectivity index (χ0n) is 14.9. The number of amides is 3. The molecule has 3 amide bonds. The number of hydrogen-bond acceptors (Lipinski definition) is 5. The van der Waals surface area contributed by atoms with Gasteiger partial charge in [0.25, 0.3) is 0 Å². The molecule has 0 aromatic heterocycles. The highest BCUT2D eigenvalue weighted by molar-refractivity contribution is 5.92. The quantitative estimate of drug-likeness (QED) is 0.442. The van der Waals surface area contributed by atoms with E-state index in [1.54, 1.807) is 0 Å². The molecule has 1 fully saturated rings. The van der Waals surface area contributed by atoms with Gasteiger partial charge in [-0.3, -0.25) is 14.4 Å². The van der Waals surface area contributed by atoms with E-state index in [-0.39, 0.29) is 12.5 Å². The first-order chi connectivity index (χ1) is 11.6. The average molecular weight is 356 g/mol. The number of nitrogens with one attached hydrogen (secondary N) is 2. The molecule has 1 rings (SSSR count). The lowest BCUT2D eigenvalue weighted by atomic mass is 10.0. The molecular formula is C16H28N4O5. The van der Waals surface area contributed by atoms with Crippen LogP contribution in [0.3, 0.4) is 0 Å². The van der Waals surface area contributed by atoms with Gasteiger partial charge in [-0.25, -0.2) is 4.79 Å². The lowest BCUT2D eigenvalue weighted by molar-refractivity contribution is -0.148. The predicted octanol–water partition coefficient (Wildman–Crippen LogP) is -0.944. The fourth-order valence-corrected chi connectivity index (χ4v) is 2.72. The zero-order chi connectivity index (χ0) is 19.1. The fraction of sp³-hybridized carbons (Fsp3) is 0.750. The van der Waals surface area contributed by atoms with Crippen LogP contribution in [0.2, 0.25) is 0 Å². The van der Waals surface area contributed by atoms with Crippen LogP contribution in [0, 0.1) is 5.92 Å². The minimum atomic E-state index is -1.04. The summed E-state index contributed by atoms with van der Waals surface area (Å²) in [5.74, 6) is -2.27. The van der Waals surface area contributed by atoms with Crippen molar-refractivity contribution < 1.29 is 24.3 Å². The van der Waals surface area contributed by atoms with Crippen LogP contribution in [0.4, 0.5) is 0 Å². The SMILES string of the molecule is CC(C)CC(NC(=O)C(C)N)C(=O)NCC(=O)N1CCCC1C(=O)O. The minimum Gasteiger partial charge on any atom is -0.480 e. The van der Waals surface area contributed by atoms with Crippen LogP contribution >= 0.6 is 0 Å². The summed E-state index contributed by atoms with van der Waals surface area (Å²) in [5.41, 5.74) is 5.50. The van der Waals surface area contributed by atoms with Crippen molar-refractivity contribution in [2.75, 3.05) is 13.1 Å². The second-order valence-electron chi connectivity index (χ2n) is 6.78. The summed E-state index contributed by atoms with van der Waals surface area (Å²) in [5, 5.41) is 14.2. The first-order valence-corrected chi connectivity index (χ1v) is 8.49. The third kappa shape index (κ3) is 6.33. The highest BCUT2D eigenvalue weighted by atomic mass is 16.4. The van der Waals surface area contributed by atoms with Crippen LogP contribution in [0.25, 0.3) is 0 Å². The molecule has 1 aliphatic rings. The Morgan fingerprint density at radius 1 is 1.20 bits per heavy atom. The summed E-state index contributed by atoms with van der Waals surface area (Å²) in [6.07, 6.45) is 1.44. The maximum atomic E-state index is 12.3. The molecule has 3 unspecified atom stereocenters. The van der Waals surface area contributed by atoms with Gasteiger partial charge in [-0.15, -0.1) is 0 Å². The van der Waals surface area contributed by atoms with Gasteiger partial charge in [-0.1, -0.05) is 13.8 Å². The molecule has 5 N–H and O–H groups in total. The van der Waals surface area contributed by atoms with Crippen molar-refractivity contribution in [3.8, 4) is 0 Å². The van der Waals surface area contributed by atoms with E-state index in [0.717, 1.165) is 0 Å². The second kappa shape index (κ2) is 9.36. The average Bonchev–Trinajstić information content (AvgIpc) is 3.00. The maximum absolute atomic E-state index is 12.3. The van der Waals surface area contributed by atoms with E-state index in [2.05, 4.69) is 10.6 Å². The lowest BCUT2D eigenvalue weighted by Crippen LogP contribution is -2.53. The highest BCUT2D eigenvalue weighted by Gasteiger charge is 2.34. The van der Waals surface area contributed by atoms with Crippen LogP contribution in [-0.2, 0) is 19.2 Å². The van der Waals surface area contributed by atoms with Crippen molar-refractivity contribution in [1.29, 1.82) is 0 Å². The van der Waals surface area contributed by atoms with Crippen molar-refractivity contribution in [3.63, 3.8) is 0 Å². The largest absolute Gasteiger partial charge is 0.480 e. The van der Waals surface area contributed by atoms with Crippen molar-refractivity contribution in [1.82, 2.24) is 15.5 Å². The Hall–Kier alpha value is -2.16. The molecular weight excluding hydrogens is 328 g/mol. The molecule has 9 heteroatoms. The number of nitrogens with two attached hydrogens (primary N) is 1. The van der Waals surface area contributed by atoms with Gasteiger partial charge in [-0.05, 0) is 32.1 Å². The molecule has 1 saturated heterocycles. The van der Waals surface area contributed by atoms with Gasteiger partial charge in [0.05, 0.1) is 12.6 Å². The highest BCUT2D eigenvalue weighted by Crippen LogP contribution is 2.17. The molecule has 3 atom stereocenters. The van der Waals surface area contributed by atoms with Crippen LogP contribution in [0.5, 0.6) is 0 Å². The van der Waals surface area contributed by atoms with E-state index < -0.39 is 41.8 Å². The number of hydrogen-bond donors (Lipinski definition) is 4. The number of carbonyl (C=O) groups is 4. The summed E-state index contributed by atoms with van der Waals surface area (Å²) in [4.78, 5) is 48.6. The molecule has 1 aliphatic heterocycles. The molecule has 142 valence electrons. The third-order valence-corrected chi connectivity index (χ3v) is 4.03. The molecule has 0 spiro atoms. The molecule has 1 heterocycles. The Kier molecular flexibility index (Phi) is 7.82. The number of aliphatic carboxylic acids is 1. The van der Waals surface area contributed by atoms with Gasteiger partial charge >= 0.3 is 5.97 Å². The summed E-state index contributed by atoms with van der Waals surface area (Å²) < 4.78 is 0. The van der Waals surface area contributed by atoms with Crippen molar-refractivity contribution >= 4 is 23.7 Å². The Balaban J connectivity index is 2.62. The monoisotopic (exact) mass is 356 g/mol. The van der Waals surface area contributed by atoms with Crippen LogP contribution < -0.4 is 16.4 Å². The first kappa shape index (κ1) is 20.9. The van der Waals surface area contributed by atoms with Gasteiger partial charge in [0.1, 0.15) is 12.1 Å². The summed E-state index contributed by atoms with van der Waals surface area (Å²) >= 11 is 0. The van der Waals surface area contributed by atoms with Crippen LogP contribution in [0.1, 0.15) is 40.0 Å². The van der Waals surface area contributed by atoms with E-state index in [9.17, 15) is 19.2 Å². The van der Waals surface area contributed by atoms with E-state index in [1.165, 1.54) is 11.8 Å². The van der Waals surface area contributed by atoms with Gasteiger partial charge < -0.3 is 26.4 Å². The first-order valence-electron chi connectivity index (χ1n) is 8.49. The fourth-order valence-electron chi connectivity index (χ4n) is 2.72.